The average molecular weight is 493 g/mol. The Balaban J connectivity index is 1.22. The summed E-state index contributed by atoms with van der Waals surface area (Å²) in [4.78, 5) is 19.9. The van der Waals surface area contributed by atoms with Gasteiger partial charge in [-0.15, -0.1) is 0 Å². The Bertz CT molecular complexity index is 1460. The molecule has 37 heavy (non-hydrogen) atoms. The smallest absolute Gasteiger partial charge is 0.220 e. The van der Waals surface area contributed by atoms with Gasteiger partial charge in [0.15, 0.2) is 5.65 Å². The third-order valence-corrected chi connectivity index (χ3v) is 7.29. The number of amides is 1. The average Bonchev–Trinajstić information content (AvgIpc) is 3.58. The van der Waals surface area contributed by atoms with Crippen molar-refractivity contribution in [1.82, 2.24) is 24.8 Å². The maximum atomic E-state index is 12.8. The number of nitriles is 1. The fraction of sp³-hybridized carbons (Fsp3) is 0.333. The molecular weight excluding hydrogens is 460 g/mol. The summed E-state index contributed by atoms with van der Waals surface area (Å²) in [6, 6.07) is 19.2. The highest BCUT2D eigenvalue weighted by Crippen LogP contribution is 2.25. The molecule has 1 aliphatic heterocycles. The van der Waals surface area contributed by atoms with E-state index in [-0.39, 0.29) is 5.91 Å². The molecule has 1 fully saturated rings. The minimum atomic E-state index is -0.00663. The fourth-order valence-corrected chi connectivity index (χ4v) is 5.22. The van der Waals surface area contributed by atoms with Crippen LogP contribution in [-0.4, -0.2) is 38.5 Å². The van der Waals surface area contributed by atoms with Crippen LogP contribution in [0.2, 0.25) is 0 Å². The molecule has 1 amide bonds. The predicted molar refractivity (Wildman–Crippen MR) is 144 cm³/mol. The van der Waals surface area contributed by atoms with Crippen molar-refractivity contribution in [3.8, 4) is 17.2 Å². The van der Waals surface area contributed by atoms with E-state index in [1.165, 1.54) is 37.7 Å². The van der Waals surface area contributed by atoms with Crippen LogP contribution in [0.15, 0.2) is 54.7 Å². The van der Waals surface area contributed by atoms with Gasteiger partial charge in [-0.05, 0) is 74.0 Å². The lowest BCUT2D eigenvalue weighted by Crippen LogP contribution is -2.23. The van der Waals surface area contributed by atoms with Gasteiger partial charge < -0.3 is 5.32 Å². The molecule has 4 aromatic rings. The Morgan fingerprint density at radius 3 is 2.59 bits per heavy atom. The number of fused-ring (bicyclic) bond motifs is 1. The largest absolute Gasteiger partial charge is 0.352 e. The molecule has 1 saturated heterocycles. The molecule has 0 unspecified atom stereocenters. The number of benzene rings is 2. The molecule has 2 aromatic carbocycles. The first-order valence-electron chi connectivity index (χ1n) is 12.9. The van der Waals surface area contributed by atoms with E-state index < -0.39 is 0 Å². The van der Waals surface area contributed by atoms with Crippen LogP contribution in [0.25, 0.3) is 16.8 Å². The molecule has 0 saturated carbocycles. The van der Waals surface area contributed by atoms with E-state index in [9.17, 15) is 10.1 Å². The van der Waals surface area contributed by atoms with Gasteiger partial charge in [-0.2, -0.15) is 10.4 Å². The van der Waals surface area contributed by atoms with Crippen LogP contribution in [0.4, 0.5) is 0 Å². The Labute approximate surface area is 217 Å². The van der Waals surface area contributed by atoms with Crippen molar-refractivity contribution in [2.24, 2.45) is 0 Å². The van der Waals surface area contributed by atoms with E-state index in [2.05, 4.69) is 62.8 Å². The topological polar surface area (TPSA) is 86.3 Å². The van der Waals surface area contributed by atoms with E-state index in [0.717, 1.165) is 40.2 Å². The van der Waals surface area contributed by atoms with E-state index in [1.54, 1.807) is 4.52 Å². The molecule has 0 radical (unpaired) electrons. The first kappa shape index (κ1) is 24.7. The summed E-state index contributed by atoms with van der Waals surface area (Å²) < 4.78 is 1.69. The van der Waals surface area contributed by atoms with E-state index in [0.29, 0.717) is 30.6 Å². The quantitative estimate of drug-likeness (QED) is 0.384. The number of nitrogens with one attached hydrogen (secondary N) is 1. The number of aryl methyl sites for hydroxylation is 2. The molecule has 0 spiro atoms. The van der Waals surface area contributed by atoms with Crippen molar-refractivity contribution in [3.63, 3.8) is 0 Å². The number of rotatable bonds is 8. The van der Waals surface area contributed by atoms with Gasteiger partial charge in [0.1, 0.15) is 11.6 Å². The molecule has 1 N–H and O–H groups in total. The zero-order valence-corrected chi connectivity index (χ0v) is 21.5. The van der Waals surface area contributed by atoms with Crippen molar-refractivity contribution < 1.29 is 4.79 Å². The molecule has 0 bridgehead atoms. The first-order valence-corrected chi connectivity index (χ1v) is 12.9. The third-order valence-electron chi connectivity index (χ3n) is 7.29. The SMILES string of the molecule is Cc1nc2c(C#N)cnn2c(C)c1CCC(=O)NCc1ccccc1-c1ccc(CN2CCCC2)cc1. The summed E-state index contributed by atoms with van der Waals surface area (Å²) in [5.41, 5.74) is 8.49. The number of hydrogen-bond donors (Lipinski definition) is 1. The second-order valence-corrected chi connectivity index (χ2v) is 9.78. The normalized spacial score (nSPS) is 13.6. The fourth-order valence-electron chi connectivity index (χ4n) is 5.22. The highest BCUT2D eigenvalue weighted by atomic mass is 16.1. The molecule has 0 atom stereocenters. The molecule has 5 rings (SSSR count). The lowest BCUT2D eigenvalue weighted by molar-refractivity contribution is -0.121. The summed E-state index contributed by atoms with van der Waals surface area (Å²) in [5.74, 6) is -0.00663. The van der Waals surface area contributed by atoms with Crippen molar-refractivity contribution in [1.29, 1.82) is 5.26 Å². The summed E-state index contributed by atoms with van der Waals surface area (Å²) in [5, 5.41) is 16.7. The molecule has 188 valence electrons. The lowest BCUT2D eigenvalue weighted by Gasteiger charge is -2.15. The first-order chi connectivity index (χ1) is 18.0. The second-order valence-electron chi connectivity index (χ2n) is 9.78. The molecular formula is C30H32N6O. The van der Waals surface area contributed by atoms with Crippen LogP contribution < -0.4 is 5.32 Å². The van der Waals surface area contributed by atoms with Crippen LogP contribution in [-0.2, 0) is 24.3 Å². The van der Waals surface area contributed by atoms with Crippen LogP contribution in [0.5, 0.6) is 0 Å². The zero-order valence-electron chi connectivity index (χ0n) is 21.5. The molecule has 3 heterocycles. The Morgan fingerprint density at radius 1 is 1.08 bits per heavy atom. The van der Waals surface area contributed by atoms with Gasteiger partial charge >= 0.3 is 0 Å². The van der Waals surface area contributed by atoms with Crippen LogP contribution >= 0.6 is 0 Å². The van der Waals surface area contributed by atoms with Crippen LogP contribution in [0, 0.1) is 25.2 Å². The molecule has 0 aliphatic carbocycles. The van der Waals surface area contributed by atoms with E-state index in [4.69, 9.17) is 0 Å². The van der Waals surface area contributed by atoms with Crippen molar-refractivity contribution in [2.75, 3.05) is 13.1 Å². The van der Waals surface area contributed by atoms with Gasteiger partial charge in [0.05, 0.1) is 6.20 Å². The number of carbonyl (C=O) groups excluding carboxylic acids is 1. The third kappa shape index (κ3) is 5.40. The highest BCUT2D eigenvalue weighted by Gasteiger charge is 2.15. The van der Waals surface area contributed by atoms with Gasteiger partial charge in [0, 0.05) is 30.9 Å². The summed E-state index contributed by atoms with van der Waals surface area (Å²) in [6.07, 6.45) is 5.05. The van der Waals surface area contributed by atoms with Gasteiger partial charge in [0.25, 0.3) is 0 Å². The van der Waals surface area contributed by atoms with Crippen molar-refractivity contribution >= 4 is 11.6 Å². The van der Waals surface area contributed by atoms with E-state index >= 15 is 0 Å². The number of carbonyl (C=O) groups is 1. The molecule has 2 aromatic heterocycles. The minimum Gasteiger partial charge on any atom is -0.352 e. The maximum Gasteiger partial charge on any atom is 0.220 e. The maximum absolute atomic E-state index is 12.8. The minimum absolute atomic E-state index is 0.00663. The van der Waals surface area contributed by atoms with Crippen molar-refractivity contribution in [2.45, 2.75) is 52.6 Å². The molecule has 7 heteroatoms. The Hall–Kier alpha value is -4.02. The number of hydrogen-bond acceptors (Lipinski definition) is 5. The lowest BCUT2D eigenvalue weighted by atomic mass is 9.98. The zero-order chi connectivity index (χ0) is 25.8. The second kappa shape index (κ2) is 10.9. The number of nitrogens with zero attached hydrogens (tertiary/aromatic N) is 5. The van der Waals surface area contributed by atoms with Gasteiger partial charge in [-0.1, -0.05) is 48.5 Å². The van der Waals surface area contributed by atoms with Crippen LogP contribution in [0.1, 0.15) is 52.9 Å². The Kier molecular flexibility index (Phi) is 7.29. The Morgan fingerprint density at radius 2 is 1.84 bits per heavy atom. The summed E-state index contributed by atoms with van der Waals surface area (Å²) >= 11 is 0. The van der Waals surface area contributed by atoms with Crippen LogP contribution in [0.3, 0.4) is 0 Å². The summed E-state index contributed by atoms with van der Waals surface area (Å²) in [7, 11) is 0. The summed E-state index contributed by atoms with van der Waals surface area (Å²) in [6.45, 7) is 7.75. The highest BCUT2D eigenvalue weighted by molar-refractivity contribution is 5.77. The monoisotopic (exact) mass is 492 g/mol. The predicted octanol–water partition coefficient (Wildman–Crippen LogP) is 4.73. The molecule has 7 nitrogen and oxygen atoms in total. The number of likely N-dealkylation sites (tertiary alicyclic amines) is 1. The molecule has 1 aliphatic rings. The van der Waals surface area contributed by atoms with Crippen molar-refractivity contribution in [3.05, 3.63) is 88.4 Å². The van der Waals surface area contributed by atoms with Gasteiger partial charge in [-0.3, -0.25) is 9.69 Å². The van der Waals surface area contributed by atoms with Gasteiger partial charge in [0.2, 0.25) is 5.91 Å². The number of aromatic nitrogens is 3. The van der Waals surface area contributed by atoms with E-state index in [1.807, 2.05) is 26.0 Å². The standard InChI is InChI=1S/C30H32N6O/c1-21-27(22(2)36-30(34-21)26(17-31)19-33-36)13-14-29(37)32-18-25-7-3-4-8-28(25)24-11-9-23(10-12-24)20-35-15-5-6-16-35/h3-4,7-12,19H,5-6,13-16,18,20H2,1-2H3,(H,32,37). The van der Waals surface area contributed by atoms with Gasteiger partial charge in [-0.25, -0.2) is 9.50 Å².